The summed E-state index contributed by atoms with van der Waals surface area (Å²) >= 11 is 1.71. The van der Waals surface area contributed by atoms with Crippen LogP contribution in [0.2, 0.25) is 0 Å². The highest BCUT2D eigenvalue weighted by molar-refractivity contribution is 7.98. The van der Waals surface area contributed by atoms with Crippen LogP contribution in [0.3, 0.4) is 0 Å². The number of thioether (sulfide) groups is 1. The summed E-state index contributed by atoms with van der Waals surface area (Å²) in [7, 11) is 0. The van der Waals surface area contributed by atoms with Crippen LogP contribution in [-0.4, -0.2) is 16.2 Å². The van der Waals surface area contributed by atoms with Gasteiger partial charge in [0, 0.05) is 17.4 Å². The van der Waals surface area contributed by atoms with Crippen molar-refractivity contribution in [1.82, 2.24) is 10.1 Å². The number of aromatic nitrogens is 2. The van der Waals surface area contributed by atoms with Gasteiger partial charge in [0.2, 0.25) is 5.89 Å². The van der Waals surface area contributed by atoms with Gasteiger partial charge in [0.15, 0.2) is 5.82 Å². The minimum Gasteiger partial charge on any atom is -0.339 e. The zero-order chi connectivity index (χ0) is 13.7. The average molecular weight is 277 g/mol. The summed E-state index contributed by atoms with van der Waals surface area (Å²) in [4.78, 5) is 5.58. The van der Waals surface area contributed by atoms with E-state index in [-0.39, 0.29) is 6.04 Å². The van der Waals surface area contributed by atoms with Crippen molar-refractivity contribution in [2.45, 2.75) is 43.4 Å². The smallest absolute Gasteiger partial charge is 0.226 e. The van der Waals surface area contributed by atoms with E-state index in [0.717, 1.165) is 24.4 Å². The molecule has 19 heavy (non-hydrogen) atoms. The maximum absolute atomic E-state index is 5.70. The van der Waals surface area contributed by atoms with E-state index in [0.29, 0.717) is 5.89 Å². The van der Waals surface area contributed by atoms with Crippen LogP contribution < -0.4 is 5.73 Å². The Hall–Kier alpha value is -1.33. The summed E-state index contributed by atoms with van der Waals surface area (Å²) in [5.41, 5.74) is 6.97. The molecule has 0 saturated carbocycles. The molecule has 0 amide bonds. The van der Waals surface area contributed by atoms with E-state index < -0.39 is 0 Å². The Morgan fingerprint density at radius 1 is 1.32 bits per heavy atom. The van der Waals surface area contributed by atoms with Crippen molar-refractivity contribution in [3.63, 3.8) is 0 Å². The molecule has 1 atom stereocenters. The minimum absolute atomic E-state index is 0.164. The molecule has 102 valence electrons. The molecule has 1 heterocycles. The first-order chi connectivity index (χ1) is 9.13. The highest BCUT2D eigenvalue weighted by Gasteiger charge is 2.07. The van der Waals surface area contributed by atoms with E-state index >= 15 is 0 Å². The van der Waals surface area contributed by atoms with E-state index in [1.165, 1.54) is 10.5 Å². The minimum atomic E-state index is 0.164. The predicted octanol–water partition coefficient (Wildman–Crippen LogP) is 2.95. The van der Waals surface area contributed by atoms with Crippen LogP contribution in [0.15, 0.2) is 33.7 Å². The van der Waals surface area contributed by atoms with Crippen molar-refractivity contribution in [2.75, 3.05) is 0 Å². The Bertz CT molecular complexity index is 508. The summed E-state index contributed by atoms with van der Waals surface area (Å²) in [6.45, 7) is 4.06. The highest BCUT2D eigenvalue weighted by atomic mass is 32.2. The second-order valence-corrected chi connectivity index (χ2v) is 5.77. The molecule has 2 rings (SSSR count). The van der Waals surface area contributed by atoms with E-state index in [1.54, 1.807) is 11.8 Å². The Morgan fingerprint density at radius 3 is 2.74 bits per heavy atom. The first kappa shape index (κ1) is 14.1. The largest absolute Gasteiger partial charge is 0.339 e. The Kier molecular flexibility index (Phi) is 4.99. The average Bonchev–Trinajstić information content (AvgIpc) is 2.84. The van der Waals surface area contributed by atoms with Crippen LogP contribution in [0.25, 0.3) is 0 Å². The summed E-state index contributed by atoms with van der Waals surface area (Å²) in [6, 6.07) is 8.59. The molecule has 0 bridgehead atoms. The third kappa shape index (κ3) is 4.69. The second kappa shape index (κ2) is 6.73. The van der Waals surface area contributed by atoms with Crippen molar-refractivity contribution in [3.05, 3.63) is 41.5 Å². The standard InChI is InChI=1S/C14H19N3OS/c1-10-3-6-12(7-4-10)19-9-13-16-14(18-17-13)8-5-11(2)15/h3-4,6-7,11H,5,8-9,15H2,1-2H3. The van der Waals surface area contributed by atoms with Crippen LogP contribution in [0.5, 0.6) is 0 Å². The molecule has 0 aliphatic carbocycles. The zero-order valence-corrected chi connectivity index (χ0v) is 12.1. The van der Waals surface area contributed by atoms with E-state index in [9.17, 15) is 0 Å². The lowest BCUT2D eigenvalue weighted by Gasteiger charge is -1.99. The third-order valence-electron chi connectivity index (χ3n) is 2.71. The quantitative estimate of drug-likeness (QED) is 0.822. The first-order valence-electron chi connectivity index (χ1n) is 6.40. The Morgan fingerprint density at radius 2 is 2.05 bits per heavy atom. The molecule has 4 nitrogen and oxygen atoms in total. The number of hydrogen-bond acceptors (Lipinski definition) is 5. The van der Waals surface area contributed by atoms with Gasteiger partial charge < -0.3 is 10.3 Å². The van der Waals surface area contributed by atoms with Gasteiger partial charge in [0.1, 0.15) is 0 Å². The fourth-order valence-electron chi connectivity index (χ4n) is 1.58. The molecule has 0 saturated heterocycles. The molecule has 0 aliphatic rings. The molecule has 0 spiro atoms. The molecule has 0 aliphatic heterocycles. The summed E-state index contributed by atoms with van der Waals surface area (Å²) in [6.07, 6.45) is 1.62. The fourth-order valence-corrected chi connectivity index (χ4v) is 2.33. The van der Waals surface area contributed by atoms with Gasteiger partial charge in [-0.25, -0.2) is 0 Å². The molecular weight excluding hydrogens is 258 g/mol. The topological polar surface area (TPSA) is 64.9 Å². The van der Waals surface area contributed by atoms with E-state index in [4.69, 9.17) is 10.3 Å². The lowest BCUT2D eigenvalue weighted by Crippen LogP contribution is -2.15. The maximum atomic E-state index is 5.70. The molecule has 2 aromatic rings. The van der Waals surface area contributed by atoms with Gasteiger partial charge in [-0.2, -0.15) is 4.98 Å². The lowest BCUT2D eigenvalue weighted by atomic mass is 10.2. The van der Waals surface area contributed by atoms with Crippen molar-refractivity contribution < 1.29 is 4.52 Å². The van der Waals surface area contributed by atoms with Crippen LogP contribution in [-0.2, 0) is 12.2 Å². The number of nitrogens with two attached hydrogens (primary N) is 1. The predicted molar refractivity (Wildman–Crippen MR) is 77.0 cm³/mol. The number of nitrogens with zero attached hydrogens (tertiary/aromatic N) is 2. The molecular formula is C14H19N3OS. The van der Waals surface area contributed by atoms with E-state index in [2.05, 4.69) is 41.3 Å². The SMILES string of the molecule is Cc1ccc(SCc2noc(CCC(C)N)n2)cc1. The molecule has 2 N–H and O–H groups in total. The number of aryl methyl sites for hydroxylation is 2. The molecule has 0 fully saturated rings. The van der Waals surface area contributed by atoms with Gasteiger partial charge in [-0.3, -0.25) is 0 Å². The van der Waals surface area contributed by atoms with Crippen molar-refractivity contribution in [2.24, 2.45) is 5.73 Å². The van der Waals surface area contributed by atoms with Crippen molar-refractivity contribution in [3.8, 4) is 0 Å². The Labute approximate surface area is 117 Å². The van der Waals surface area contributed by atoms with Crippen LogP contribution in [0.1, 0.15) is 30.6 Å². The third-order valence-corrected chi connectivity index (χ3v) is 3.72. The molecule has 1 unspecified atom stereocenters. The summed E-state index contributed by atoms with van der Waals surface area (Å²) < 4.78 is 5.19. The number of hydrogen-bond donors (Lipinski definition) is 1. The van der Waals surface area contributed by atoms with Gasteiger partial charge >= 0.3 is 0 Å². The van der Waals surface area contributed by atoms with Gasteiger partial charge in [-0.15, -0.1) is 11.8 Å². The number of benzene rings is 1. The molecule has 1 aromatic carbocycles. The monoisotopic (exact) mass is 277 g/mol. The molecule has 0 radical (unpaired) electrons. The normalized spacial score (nSPS) is 12.6. The first-order valence-corrected chi connectivity index (χ1v) is 7.38. The molecule has 5 heteroatoms. The van der Waals surface area contributed by atoms with Crippen molar-refractivity contribution >= 4 is 11.8 Å². The van der Waals surface area contributed by atoms with Gasteiger partial charge in [0.05, 0.1) is 5.75 Å². The highest BCUT2D eigenvalue weighted by Crippen LogP contribution is 2.21. The number of rotatable bonds is 6. The van der Waals surface area contributed by atoms with Crippen LogP contribution in [0.4, 0.5) is 0 Å². The summed E-state index contributed by atoms with van der Waals surface area (Å²) in [5.74, 6) is 2.15. The van der Waals surface area contributed by atoms with E-state index in [1.807, 2.05) is 6.92 Å². The van der Waals surface area contributed by atoms with Gasteiger partial charge in [-0.05, 0) is 32.4 Å². The van der Waals surface area contributed by atoms with Crippen LogP contribution >= 0.6 is 11.8 Å². The van der Waals surface area contributed by atoms with Crippen LogP contribution in [0, 0.1) is 6.92 Å². The maximum Gasteiger partial charge on any atom is 0.226 e. The lowest BCUT2D eigenvalue weighted by molar-refractivity contribution is 0.368. The van der Waals surface area contributed by atoms with Gasteiger partial charge in [0.25, 0.3) is 0 Å². The zero-order valence-electron chi connectivity index (χ0n) is 11.3. The van der Waals surface area contributed by atoms with Gasteiger partial charge in [-0.1, -0.05) is 22.9 Å². The second-order valence-electron chi connectivity index (χ2n) is 4.72. The summed E-state index contributed by atoms with van der Waals surface area (Å²) in [5, 5.41) is 3.98. The Balaban J connectivity index is 1.84. The molecule has 1 aromatic heterocycles. The van der Waals surface area contributed by atoms with Crippen molar-refractivity contribution in [1.29, 1.82) is 0 Å². The fraction of sp³-hybridized carbons (Fsp3) is 0.429.